The van der Waals surface area contributed by atoms with Crippen molar-refractivity contribution in [2.24, 2.45) is 28.6 Å². The van der Waals surface area contributed by atoms with Gasteiger partial charge < -0.3 is 30.5 Å². The van der Waals surface area contributed by atoms with Crippen LogP contribution in [0.2, 0.25) is 0 Å². The molecule has 4 rings (SSSR count). The minimum atomic E-state index is -1.41. The van der Waals surface area contributed by atoms with Gasteiger partial charge in [0.1, 0.15) is 23.3 Å². The summed E-state index contributed by atoms with van der Waals surface area (Å²) in [6, 6.07) is 11.9. The molecule has 0 spiro atoms. The number of benzene rings is 2. The summed E-state index contributed by atoms with van der Waals surface area (Å²) in [6.07, 6.45) is 2.89. The normalized spacial score (nSPS) is 29.3. The third-order valence-electron chi connectivity index (χ3n) is 9.23. The maximum atomic E-state index is 13.0. The quantitative estimate of drug-likeness (QED) is 0.218. The molecule has 5 N–H and O–H groups in total. The van der Waals surface area contributed by atoms with Crippen molar-refractivity contribution in [1.29, 1.82) is 0 Å². The van der Waals surface area contributed by atoms with E-state index in [4.69, 9.17) is 0 Å². The molecule has 0 heterocycles. The van der Waals surface area contributed by atoms with E-state index in [2.05, 4.69) is 18.8 Å². The molecule has 0 saturated heterocycles. The topological polar surface area (TPSA) is 144 Å². The Kier molecular flexibility index (Phi) is 7.38. The van der Waals surface area contributed by atoms with Gasteiger partial charge in [0.25, 0.3) is 0 Å². The van der Waals surface area contributed by atoms with E-state index in [1.165, 1.54) is 0 Å². The molecule has 2 aliphatic carbocycles. The minimum Gasteiger partial charge on any atom is -0.506 e. The number of allylic oxidation sites excluding steroid dienone is 1. The summed E-state index contributed by atoms with van der Waals surface area (Å²) >= 11 is 0. The minimum absolute atomic E-state index is 0.0656. The van der Waals surface area contributed by atoms with Gasteiger partial charge in [0, 0.05) is 17.3 Å². The second kappa shape index (κ2) is 10.2. The molecule has 2 aromatic carbocycles. The fourth-order valence-corrected chi connectivity index (χ4v) is 7.59. The molecule has 1 amide bonds. The average Bonchev–Trinajstić information content (AvgIpc) is 3.10. The SMILES string of the molecule is C=C(c1ccccc1)C12CC(CC(C)C1[C@@](C)(C=O)CCC(=O)Nc1c(O)ccc(C(=O)O)c1O)C(C)(O)C2. The van der Waals surface area contributed by atoms with E-state index < -0.39 is 45.4 Å². The average molecular weight is 536 g/mol. The summed E-state index contributed by atoms with van der Waals surface area (Å²) in [5.74, 6) is -3.27. The van der Waals surface area contributed by atoms with Crippen molar-refractivity contribution >= 4 is 29.4 Å². The molecular weight excluding hydrogens is 498 g/mol. The van der Waals surface area contributed by atoms with Crippen LogP contribution in [0.25, 0.3) is 5.57 Å². The van der Waals surface area contributed by atoms with Crippen LogP contribution in [0.15, 0.2) is 49.0 Å². The number of amides is 1. The van der Waals surface area contributed by atoms with Gasteiger partial charge in [-0.1, -0.05) is 50.8 Å². The monoisotopic (exact) mass is 535 g/mol. The van der Waals surface area contributed by atoms with Crippen LogP contribution < -0.4 is 5.32 Å². The number of anilines is 1. The van der Waals surface area contributed by atoms with E-state index >= 15 is 0 Å². The molecule has 6 atom stereocenters. The Morgan fingerprint density at radius 3 is 2.46 bits per heavy atom. The smallest absolute Gasteiger partial charge is 0.339 e. The molecular formula is C31H37NO7. The summed E-state index contributed by atoms with van der Waals surface area (Å²) in [5.41, 5.74) is -1.41. The molecule has 208 valence electrons. The summed E-state index contributed by atoms with van der Waals surface area (Å²) < 4.78 is 0. The molecule has 0 aromatic heterocycles. The van der Waals surface area contributed by atoms with Crippen LogP contribution in [0.1, 0.15) is 68.8 Å². The fourth-order valence-electron chi connectivity index (χ4n) is 7.59. The summed E-state index contributed by atoms with van der Waals surface area (Å²) in [4.78, 5) is 37.2. The number of carboxylic acids is 1. The zero-order chi connectivity index (χ0) is 28.8. The van der Waals surface area contributed by atoms with Crippen LogP contribution >= 0.6 is 0 Å². The number of carbonyl (C=O) groups is 3. The Labute approximate surface area is 228 Å². The maximum Gasteiger partial charge on any atom is 0.339 e. The number of carboxylic acid groups (broad SMARTS) is 1. The first-order valence-corrected chi connectivity index (χ1v) is 13.3. The van der Waals surface area contributed by atoms with Gasteiger partial charge in [0.15, 0.2) is 5.75 Å². The zero-order valence-corrected chi connectivity index (χ0v) is 22.6. The van der Waals surface area contributed by atoms with Crippen molar-refractivity contribution < 1.29 is 34.8 Å². The maximum absolute atomic E-state index is 13.0. The molecule has 39 heavy (non-hydrogen) atoms. The van der Waals surface area contributed by atoms with E-state index in [0.29, 0.717) is 12.8 Å². The molecule has 8 nitrogen and oxygen atoms in total. The number of aromatic carboxylic acids is 1. The van der Waals surface area contributed by atoms with Crippen LogP contribution in [-0.4, -0.2) is 44.2 Å². The van der Waals surface area contributed by atoms with E-state index in [-0.39, 0.29) is 36.3 Å². The number of carbonyl (C=O) groups excluding carboxylic acids is 2. The van der Waals surface area contributed by atoms with Gasteiger partial charge in [-0.15, -0.1) is 0 Å². The number of aliphatic hydroxyl groups is 1. The van der Waals surface area contributed by atoms with Gasteiger partial charge >= 0.3 is 5.97 Å². The number of fused-ring (bicyclic) bond motifs is 2. The number of hydrogen-bond donors (Lipinski definition) is 5. The van der Waals surface area contributed by atoms with E-state index in [1.807, 2.05) is 44.2 Å². The number of nitrogens with one attached hydrogen (secondary N) is 1. The van der Waals surface area contributed by atoms with Crippen molar-refractivity contribution in [3.05, 3.63) is 60.2 Å². The van der Waals surface area contributed by atoms with Crippen molar-refractivity contribution in [3.63, 3.8) is 0 Å². The Bertz CT molecular complexity index is 1300. The number of rotatable bonds is 9. The van der Waals surface area contributed by atoms with Gasteiger partial charge in [0.05, 0.1) is 5.60 Å². The molecule has 2 aliphatic rings. The van der Waals surface area contributed by atoms with Gasteiger partial charge in [-0.2, -0.15) is 0 Å². The van der Waals surface area contributed by atoms with Crippen LogP contribution in [-0.2, 0) is 9.59 Å². The lowest BCUT2D eigenvalue weighted by Gasteiger charge is -2.52. The lowest BCUT2D eigenvalue weighted by molar-refractivity contribution is -0.126. The standard InChI is InChI=1S/C31H37NO7/c1-18-14-21-15-31(16-30(21,4)39,19(2)20-8-6-5-7-9-20)27(18)29(3,17-33)13-12-24(35)32-25-23(34)11-10-22(26(25)36)28(37)38/h5-11,17-18,21,27,34,36,39H,2,12-16H2,1,3-4H3,(H,32,35)(H,37,38)/t18?,21?,27?,29-,30?,31?/m1/s1. The van der Waals surface area contributed by atoms with Crippen LogP contribution in [0.3, 0.4) is 0 Å². The number of phenols is 2. The first-order valence-electron chi connectivity index (χ1n) is 13.3. The summed E-state index contributed by atoms with van der Waals surface area (Å²) in [7, 11) is 0. The number of phenolic OH excluding ortho intramolecular Hbond substituents is 1. The zero-order valence-electron chi connectivity index (χ0n) is 22.6. The lowest BCUT2D eigenvalue weighted by Crippen LogP contribution is -2.48. The number of aromatic hydroxyl groups is 2. The molecule has 2 fully saturated rings. The summed E-state index contributed by atoms with van der Waals surface area (Å²) in [5, 5.41) is 43.5. The highest BCUT2D eigenvalue weighted by Gasteiger charge is 2.64. The predicted octanol–water partition coefficient (Wildman–Crippen LogP) is 5.24. The molecule has 0 radical (unpaired) electrons. The van der Waals surface area contributed by atoms with Crippen molar-refractivity contribution in [2.75, 3.05) is 5.32 Å². The first-order chi connectivity index (χ1) is 18.3. The highest BCUT2D eigenvalue weighted by atomic mass is 16.4. The van der Waals surface area contributed by atoms with Crippen molar-refractivity contribution in [3.8, 4) is 11.5 Å². The lowest BCUT2D eigenvalue weighted by atomic mass is 9.50. The molecule has 0 aliphatic heterocycles. The van der Waals surface area contributed by atoms with Gasteiger partial charge in [-0.25, -0.2) is 4.79 Å². The molecule has 2 saturated carbocycles. The Hall–Kier alpha value is -3.65. The molecule has 2 aromatic rings. The third-order valence-corrected chi connectivity index (χ3v) is 9.23. The predicted molar refractivity (Wildman–Crippen MR) is 147 cm³/mol. The molecule has 2 bridgehead atoms. The van der Waals surface area contributed by atoms with Crippen LogP contribution in [0, 0.1) is 28.6 Å². The second-order valence-corrected chi connectivity index (χ2v) is 12.0. The van der Waals surface area contributed by atoms with Crippen molar-refractivity contribution in [1.82, 2.24) is 0 Å². The first kappa shape index (κ1) is 28.4. The largest absolute Gasteiger partial charge is 0.506 e. The summed E-state index contributed by atoms with van der Waals surface area (Å²) in [6.45, 7) is 10.3. The molecule has 5 unspecified atom stereocenters. The second-order valence-electron chi connectivity index (χ2n) is 12.0. The number of aldehydes is 1. The number of hydrogen-bond acceptors (Lipinski definition) is 6. The van der Waals surface area contributed by atoms with Crippen molar-refractivity contribution in [2.45, 2.75) is 58.5 Å². The Balaban J connectivity index is 1.63. The third kappa shape index (κ3) is 4.93. The van der Waals surface area contributed by atoms with Crippen LogP contribution in [0.5, 0.6) is 11.5 Å². The van der Waals surface area contributed by atoms with Gasteiger partial charge in [0.2, 0.25) is 5.91 Å². The van der Waals surface area contributed by atoms with E-state index in [0.717, 1.165) is 36.0 Å². The highest BCUT2D eigenvalue weighted by Crippen LogP contribution is 2.68. The van der Waals surface area contributed by atoms with Gasteiger partial charge in [-0.05, 0) is 73.6 Å². The Morgan fingerprint density at radius 1 is 1.18 bits per heavy atom. The van der Waals surface area contributed by atoms with Gasteiger partial charge in [-0.3, -0.25) is 4.79 Å². The van der Waals surface area contributed by atoms with E-state index in [1.54, 1.807) is 0 Å². The molecule has 8 heteroatoms. The fraction of sp³-hybridized carbons (Fsp3) is 0.452. The van der Waals surface area contributed by atoms with Crippen LogP contribution in [0.4, 0.5) is 5.69 Å². The van der Waals surface area contributed by atoms with E-state index in [9.17, 15) is 34.8 Å². The Morgan fingerprint density at radius 2 is 1.85 bits per heavy atom. The highest BCUT2D eigenvalue weighted by molar-refractivity contribution is 5.99.